The van der Waals surface area contributed by atoms with E-state index in [9.17, 15) is 25.0 Å². The van der Waals surface area contributed by atoms with Crippen molar-refractivity contribution in [1.29, 1.82) is 0 Å². The van der Waals surface area contributed by atoms with Gasteiger partial charge in [0.2, 0.25) is 11.6 Å². The van der Waals surface area contributed by atoms with E-state index in [2.05, 4.69) is 26.1 Å². The van der Waals surface area contributed by atoms with Crippen molar-refractivity contribution in [3.8, 4) is 0 Å². The number of carbonyl (C=O) groups excluding carboxylic acids is 1. The number of hydrazine groups is 1. The van der Waals surface area contributed by atoms with Crippen molar-refractivity contribution in [2.75, 3.05) is 10.7 Å². The molecule has 0 radical (unpaired) electrons. The average Bonchev–Trinajstić information content (AvgIpc) is 2.58. The maximum Gasteiger partial charge on any atom is 0.354 e. The molecule has 136 valence electrons. The van der Waals surface area contributed by atoms with E-state index in [0.29, 0.717) is 0 Å². The number of nitro benzene ring substituents is 1. The number of hydrogen-bond donors (Lipinski definition) is 3. The van der Waals surface area contributed by atoms with Crippen LogP contribution in [0.5, 0.6) is 0 Å². The van der Waals surface area contributed by atoms with Gasteiger partial charge in [0.05, 0.1) is 9.85 Å². The molecule has 0 aliphatic carbocycles. The molecule has 0 unspecified atom stereocenters. The summed E-state index contributed by atoms with van der Waals surface area (Å²) in [6, 6.07) is 5.18. The Bertz CT molecular complexity index is 855. The molecular weight excluding hydrogens is 346 g/mol. The van der Waals surface area contributed by atoms with E-state index in [4.69, 9.17) is 0 Å². The molecule has 1 aromatic carbocycles. The fraction of sp³-hybridized carbons (Fsp3) is 0.214. The fourth-order valence-electron chi connectivity index (χ4n) is 2.03. The zero-order valence-corrected chi connectivity index (χ0v) is 13.8. The maximum absolute atomic E-state index is 12.2. The van der Waals surface area contributed by atoms with Crippen LogP contribution in [0.1, 0.15) is 24.2 Å². The Balaban J connectivity index is 2.26. The molecule has 0 aliphatic heterocycles. The molecule has 0 bridgehead atoms. The lowest BCUT2D eigenvalue weighted by Gasteiger charge is -2.12. The molecule has 26 heavy (non-hydrogen) atoms. The molecule has 1 amide bonds. The Labute approximate surface area is 146 Å². The highest BCUT2D eigenvalue weighted by molar-refractivity contribution is 5.98. The van der Waals surface area contributed by atoms with Crippen LogP contribution >= 0.6 is 0 Å². The molecule has 2 rings (SSSR count). The summed E-state index contributed by atoms with van der Waals surface area (Å²) < 4.78 is 0. The van der Waals surface area contributed by atoms with Crippen molar-refractivity contribution >= 4 is 28.9 Å². The lowest BCUT2D eigenvalue weighted by Crippen LogP contribution is -2.31. The Hall–Kier alpha value is -3.83. The predicted molar refractivity (Wildman–Crippen MR) is 91.6 cm³/mol. The number of amides is 1. The summed E-state index contributed by atoms with van der Waals surface area (Å²) in [5.41, 5.74) is 3.42. The Morgan fingerprint density at radius 2 is 1.73 bits per heavy atom. The third-order valence-electron chi connectivity index (χ3n) is 3.07. The summed E-state index contributed by atoms with van der Waals surface area (Å²) in [7, 11) is 0. The number of anilines is 2. The first-order valence-electron chi connectivity index (χ1n) is 7.37. The summed E-state index contributed by atoms with van der Waals surface area (Å²) in [6.45, 7) is 3.55. The molecule has 1 aromatic heterocycles. The van der Waals surface area contributed by atoms with Crippen LogP contribution in [0.3, 0.4) is 0 Å². The Morgan fingerprint density at radius 3 is 2.35 bits per heavy atom. The molecule has 1 heterocycles. The molecule has 0 saturated carbocycles. The van der Waals surface area contributed by atoms with Gasteiger partial charge in [-0.05, 0) is 19.9 Å². The molecule has 12 nitrogen and oxygen atoms in total. The number of rotatable bonds is 7. The monoisotopic (exact) mass is 361 g/mol. The number of benzene rings is 1. The third-order valence-corrected chi connectivity index (χ3v) is 3.07. The molecule has 12 heteroatoms. The molecule has 0 aliphatic rings. The Morgan fingerprint density at radius 1 is 1.08 bits per heavy atom. The second-order valence-electron chi connectivity index (χ2n) is 5.33. The van der Waals surface area contributed by atoms with Crippen LogP contribution < -0.4 is 16.2 Å². The van der Waals surface area contributed by atoms with E-state index in [1.807, 2.05) is 0 Å². The summed E-state index contributed by atoms with van der Waals surface area (Å²) in [5.74, 6) is -1.13. The number of nitrogens with one attached hydrogen (secondary N) is 3. The number of carbonyl (C=O) groups is 1. The smallest absolute Gasteiger partial charge is 0.354 e. The van der Waals surface area contributed by atoms with Crippen molar-refractivity contribution in [3.05, 3.63) is 56.4 Å². The summed E-state index contributed by atoms with van der Waals surface area (Å²) in [4.78, 5) is 40.6. The summed E-state index contributed by atoms with van der Waals surface area (Å²) in [6.07, 6.45) is 1.08. The van der Waals surface area contributed by atoms with Crippen molar-refractivity contribution in [3.63, 3.8) is 0 Å². The normalized spacial score (nSPS) is 10.3. The zero-order valence-electron chi connectivity index (χ0n) is 13.8. The average molecular weight is 361 g/mol. The highest BCUT2D eigenvalue weighted by atomic mass is 16.6. The van der Waals surface area contributed by atoms with Crippen LogP contribution in [0.2, 0.25) is 0 Å². The van der Waals surface area contributed by atoms with Gasteiger partial charge >= 0.3 is 5.69 Å². The van der Waals surface area contributed by atoms with E-state index in [1.54, 1.807) is 13.8 Å². The minimum Gasteiger partial charge on any atom is -0.362 e. The van der Waals surface area contributed by atoms with Crippen molar-refractivity contribution in [2.24, 2.45) is 0 Å². The van der Waals surface area contributed by atoms with E-state index in [-0.39, 0.29) is 23.2 Å². The van der Waals surface area contributed by atoms with Crippen LogP contribution in [0.4, 0.5) is 23.0 Å². The van der Waals surface area contributed by atoms with Gasteiger partial charge in [-0.3, -0.25) is 35.9 Å². The number of para-hydroxylation sites is 1. The van der Waals surface area contributed by atoms with Gasteiger partial charge in [-0.15, -0.1) is 0 Å². The first kappa shape index (κ1) is 18.5. The Kier molecular flexibility index (Phi) is 5.57. The quantitative estimate of drug-likeness (QED) is 0.493. The second kappa shape index (κ2) is 7.83. The molecule has 2 aromatic rings. The second-order valence-corrected chi connectivity index (χ2v) is 5.33. The number of nitrogens with zero attached hydrogens (tertiary/aromatic N) is 4. The maximum atomic E-state index is 12.2. The van der Waals surface area contributed by atoms with Crippen molar-refractivity contribution in [1.82, 2.24) is 15.4 Å². The zero-order chi connectivity index (χ0) is 19.3. The molecular formula is C14H15N7O5. The minimum atomic E-state index is -0.844. The molecule has 0 fully saturated rings. The van der Waals surface area contributed by atoms with E-state index >= 15 is 0 Å². The van der Waals surface area contributed by atoms with Gasteiger partial charge in [0.15, 0.2) is 0 Å². The van der Waals surface area contributed by atoms with E-state index in [0.717, 1.165) is 6.33 Å². The molecule has 3 N–H and O–H groups in total. The van der Waals surface area contributed by atoms with Gasteiger partial charge in [-0.2, -0.15) is 0 Å². The third kappa shape index (κ3) is 4.17. The topological polar surface area (TPSA) is 165 Å². The number of hydrogen-bond acceptors (Lipinski definition) is 9. The first-order chi connectivity index (χ1) is 12.3. The lowest BCUT2D eigenvalue weighted by molar-refractivity contribution is -0.385. The molecule has 0 atom stereocenters. The van der Waals surface area contributed by atoms with Gasteiger partial charge in [-0.1, -0.05) is 12.1 Å². The number of aromatic nitrogens is 2. The van der Waals surface area contributed by atoms with Crippen molar-refractivity contribution in [2.45, 2.75) is 19.9 Å². The predicted octanol–water partition coefficient (Wildman–Crippen LogP) is 1.87. The van der Waals surface area contributed by atoms with Gasteiger partial charge in [0, 0.05) is 12.1 Å². The largest absolute Gasteiger partial charge is 0.362 e. The standard InChI is InChI=1S/C14H15N7O5/c1-8(2)17-12-11(21(25)26)13(16-7-15-12)18-19-14(22)9-5-3-4-6-10(9)20(23)24/h3-8H,1-2H3,(H,19,22)(H2,15,16,17,18). The van der Waals surface area contributed by atoms with Gasteiger partial charge in [-0.25, -0.2) is 9.97 Å². The lowest BCUT2D eigenvalue weighted by atomic mass is 10.2. The first-order valence-corrected chi connectivity index (χ1v) is 7.37. The van der Waals surface area contributed by atoms with Crippen LogP contribution in [0.25, 0.3) is 0 Å². The summed E-state index contributed by atoms with van der Waals surface area (Å²) in [5, 5.41) is 25.1. The van der Waals surface area contributed by atoms with Gasteiger partial charge in [0.1, 0.15) is 11.9 Å². The fourth-order valence-corrected chi connectivity index (χ4v) is 2.03. The van der Waals surface area contributed by atoms with Gasteiger partial charge in [0.25, 0.3) is 11.6 Å². The van der Waals surface area contributed by atoms with E-state index in [1.165, 1.54) is 24.3 Å². The van der Waals surface area contributed by atoms with E-state index < -0.39 is 27.1 Å². The molecule has 0 saturated heterocycles. The van der Waals surface area contributed by atoms with Crippen LogP contribution in [0.15, 0.2) is 30.6 Å². The van der Waals surface area contributed by atoms with Crippen LogP contribution in [-0.4, -0.2) is 31.8 Å². The minimum absolute atomic E-state index is 0.0255. The highest BCUT2D eigenvalue weighted by Crippen LogP contribution is 2.28. The number of nitro groups is 2. The van der Waals surface area contributed by atoms with Crippen LogP contribution in [0, 0.1) is 20.2 Å². The SMILES string of the molecule is CC(C)Nc1ncnc(NNC(=O)c2ccccc2[N+](=O)[O-])c1[N+](=O)[O-]. The van der Waals surface area contributed by atoms with Crippen LogP contribution in [-0.2, 0) is 0 Å². The highest BCUT2D eigenvalue weighted by Gasteiger charge is 2.25. The summed E-state index contributed by atoms with van der Waals surface area (Å²) >= 11 is 0. The molecule has 0 spiro atoms. The van der Waals surface area contributed by atoms with Crippen molar-refractivity contribution < 1.29 is 14.6 Å². The van der Waals surface area contributed by atoms with Gasteiger partial charge < -0.3 is 5.32 Å².